The minimum atomic E-state index is -0.993. The number of amides is 3. The third kappa shape index (κ3) is 4.08. The number of carbonyl (C=O) groups excluding carboxylic acids is 2. The van der Waals surface area contributed by atoms with Gasteiger partial charge >= 0.3 is 12.0 Å². The Bertz CT molecular complexity index is 836. The fourth-order valence-electron chi connectivity index (χ4n) is 3.10. The molecule has 1 heterocycles. The van der Waals surface area contributed by atoms with Crippen LogP contribution in [-0.4, -0.2) is 47.5 Å². The zero-order valence-corrected chi connectivity index (χ0v) is 15.0. The van der Waals surface area contributed by atoms with Crippen molar-refractivity contribution in [2.45, 2.75) is 19.0 Å². The molecule has 3 rings (SSSR count). The number of likely N-dealkylation sites (N-methyl/N-ethyl adjacent to an activating group) is 1. The highest BCUT2D eigenvalue weighted by Crippen LogP contribution is 2.23. The number of aromatic carboxylic acids is 1. The Kier molecular flexibility index (Phi) is 5.40. The van der Waals surface area contributed by atoms with Gasteiger partial charge in [0.25, 0.3) is 0 Å². The van der Waals surface area contributed by atoms with Crippen LogP contribution >= 0.6 is 0 Å². The number of hydrogen-bond donors (Lipinski definition) is 2. The largest absolute Gasteiger partial charge is 0.478 e. The fourth-order valence-corrected chi connectivity index (χ4v) is 3.10. The van der Waals surface area contributed by atoms with Crippen molar-refractivity contribution in [2.24, 2.45) is 0 Å². The quantitative estimate of drug-likeness (QED) is 0.849. The molecule has 1 atom stereocenters. The van der Waals surface area contributed by atoms with Crippen LogP contribution in [-0.2, 0) is 11.3 Å². The molecular formula is C20H21N3O4. The average molecular weight is 367 g/mol. The number of rotatable bonds is 5. The molecule has 2 aromatic carbocycles. The summed E-state index contributed by atoms with van der Waals surface area (Å²) in [4.78, 5) is 39.1. The highest BCUT2D eigenvalue weighted by Gasteiger charge is 2.37. The molecule has 1 unspecified atom stereocenters. The van der Waals surface area contributed by atoms with Gasteiger partial charge in [-0.25, -0.2) is 9.59 Å². The summed E-state index contributed by atoms with van der Waals surface area (Å²) < 4.78 is 0. The molecule has 1 saturated heterocycles. The van der Waals surface area contributed by atoms with Crippen LogP contribution in [0.25, 0.3) is 0 Å². The summed E-state index contributed by atoms with van der Waals surface area (Å²) in [6, 6.07) is 14.8. The summed E-state index contributed by atoms with van der Waals surface area (Å²) in [5.41, 5.74) is 1.81. The van der Waals surface area contributed by atoms with E-state index in [9.17, 15) is 14.4 Å². The highest BCUT2D eigenvalue weighted by atomic mass is 16.4. The molecule has 1 aliphatic heterocycles. The number of hydrogen-bond acceptors (Lipinski definition) is 3. The van der Waals surface area contributed by atoms with E-state index < -0.39 is 12.0 Å². The topological polar surface area (TPSA) is 89.9 Å². The molecule has 2 N–H and O–H groups in total. The summed E-state index contributed by atoms with van der Waals surface area (Å²) in [7, 11) is 1.61. The van der Waals surface area contributed by atoms with Crippen LogP contribution in [0.2, 0.25) is 0 Å². The Balaban J connectivity index is 1.57. The van der Waals surface area contributed by atoms with E-state index in [1.807, 2.05) is 30.3 Å². The van der Waals surface area contributed by atoms with E-state index >= 15 is 0 Å². The average Bonchev–Trinajstić information content (AvgIpc) is 3.07. The van der Waals surface area contributed by atoms with Crippen molar-refractivity contribution in [2.75, 3.05) is 18.5 Å². The van der Waals surface area contributed by atoms with Crippen LogP contribution < -0.4 is 10.2 Å². The van der Waals surface area contributed by atoms with Crippen LogP contribution in [0.5, 0.6) is 0 Å². The molecule has 0 saturated carbocycles. The summed E-state index contributed by atoms with van der Waals surface area (Å²) in [5, 5.41) is 11.7. The molecule has 27 heavy (non-hydrogen) atoms. The Morgan fingerprint density at radius 2 is 1.81 bits per heavy atom. The molecule has 3 amide bonds. The highest BCUT2D eigenvalue weighted by molar-refractivity contribution is 6.01. The lowest BCUT2D eigenvalue weighted by atomic mass is 10.1. The molecule has 0 aliphatic carbocycles. The standard InChI is InChI=1S/C20H21N3O4/c1-22(17-11-12-23(18(17)24)16-5-3-2-4-6-16)20(27)21-13-14-7-9-15(10-8-14)19(25)26/h2-10,17H,11-13H2,1H3,(H,21,27)(H,25,26). The monoisotopic (exact) mass is 367 g/mol. The van der Waals surface area contributed by atoms with E-state index in [1.165, 1.54) is 17.0 Å². The Morgan fingerprint density at radius 1 is 1.15 bits per heavy atom. The molecule has 140 valence electrons. The van der Waals surface area contributed by atoms with Crippen molar-refractivity contribution in [3.63, 3.8) is 0 Å². The number of anilines is 1. The van der Waals surface area contributed by atoms with E-state index in [0.717, 1.165) is 11.3 Å². The van der Waals surface area contributed by atoms with Gasteiger partial charge in [-0.2, -0.15) is 0 Å². The lowest BCUT2D eigenvalue weighted by molar-refractivity contribution is -0.120. The predicted octanol–water partition coefficient (Wildman–Crippen LogP) is 2.33. The number of urea groups is 1. The first-order valence-electron chi connectivity index (χ1n) is 8.66. The van der Waals surface area contributed by atoms with Gasteiger partial charge in [-0.3, -0.25) is 4.79 Å². The number of nitrogens with one attached hydrogen (secondary N) is 1. The number of para-hydroxylation sites is 1. The number of carboxylic acid groups (broad SMARTS) is 1. The zero-order chi connectivity index (χ0) is 19.4. The van der Waals surface area contributed by atoms with Gasteiger partial charge < -0.3 is 20.2 Å². The van der Waals surface area contributed by atoms with Crippen LogP contribution in [0.4, 0.5) is 10.5 Å². The maximum Gasteiger partial charge on any atom is 0.335 e. The summed E-state index contributed by atoms with van der Waals surface area (Å²) in [6.45, 7) is 0.828. The van der Waals surface area contributed by atoms with Crippen molar-refractivity contribution >= 4 is 23.6 Å². The number of benzene rings is 2. The van der Waals surface area contributed by atoms with Gasteiger partial charge in [-0.05, 0) is 36.2 Å². The zero-order valence-electron chi connectivity index (χ0n) is 15.0. The first-order valence-corrected chi connectivity index (χ1v) is 8.66. The van der Waals surface area contributed by atoms with Crippen molar-refractivity contribution in [1.82, 2.24) is 10.2 Å². The van der Waals surface area contributed by atoms with Crippen molar-refractivity contribution in [3.05, 3.63) is 65.7 Å². The van der Waals surface area contributed by atoms with Crippen LogP contribution in [0.3, 0.4) is 0 Å². The van der Waals surface area contributed by atoms with Crippen molar-refractivity contribution < 1.29 is 19.5 Å². The molecule has 2 aromatic rings. The third-order valence-corrected chi connectivity index (χ3v) is 4.68. The summed E-state index contributed by atoms with van der Waals surface area (Å²) >= 11 is 0. The van der Waals surface area contributed by atoms with E-state index in [1.54, 1.807) is 24.1 Å². The van der Waals surface area contributed by atoms with Crippen LogP contribution in [0.15, 0.2) is 54.6 Å². The molecule has 0 radical (unpaired) electrons. The minimum Gasteiger partial charge on any atom is -0.478 e. The molecule has 7 nitrogen and oxygen atoms in total. The van der Waals surface area contributed by atoms with E-state index in [4.69, 9.17) is 5.11 Å². The van der Waals surface area contributed by atoms with E-state index in [0.29, 0.717) is 13.0 Å². The van der Waals surface area contributed by atoms with Gasteiger partial charge in [-0.15, -0.1) is 0 Å². The minimum absolute atomic E-state index is 0.0929. The van der Waals surface area contributed by atoms with Crippen LogP contribution in [0, 0.1) is 0 Å². The third-order valence-electron chi connectivity index (χ3n) is 4.68. The van der Waals surface area contributed by atoms with Gasteiger partial charge in [0, 0.05) is 25.8 Å². The first kappa shape index (κ1) is 18.4. The number of nitrogens with zero attached hydrogens (tertiary/aromatic N) is 2. The fraction of sp³-hybridized carbons (Fsp3) is 0.250. The second-order valence-corrected chi connectivity index (χ2v) is 6.40. The first-order chi connectivity index (χ1) is 13.0. The molecular weight excluding hydrogens is 346 g/mol. The van der Waals surface area contributed by atoms with Gasteiger partial charge in [0.2, 0.25) is 5.91 Å². The van der Waals surface area contributed by atoms with Crippen molar-refractivity contribution in [1.29, 1.82) is 0 Å². The summed E-state index contributed by atoms with van der Waals surface area (Å²) in [6.07, 6.45) is 0.574. The van der Waals surface area contributed by atoms with Gasteiger partial charge in [-0.1, -0.05) is 30.3 Å². The Labute approximate surface area is 157 Å². The van der Waals surface area contributed by atoms with Gasteiger partial charge in [0.05, 0.1) is 5.56 Å². The Morgan fingerprint density at radius 3 is 2.44 bits per heavy atom. The lowest BCUT2D eigenvalue weighted by Gasteiger charge is -2.24. The Hall–Kier alpha value is -3.35. The van der Waals surface area contributed by atoms with E-state index in [-0.39, 0.29) is 24.0 Å². The smallest absolute Gasteiger partial charge is 0.335 e. The molecule has 0 bridgehead atoms. The maximum absolute atomic E-state index is 12.7. The second kappa shape index (κ2) is 7.90. The van der Waals surface area contributed by atoms with Gasteiger partial charge in [0.1, 0.15) is 6.04 Å². The second-order valence-electron chi connectivity index (χ2n) is 6.40. The summed E-state index contributed by atoms with van der Waals surface area (Å²) in [5.74, 6) is -1.09. The lowest BCUT2D eigenvalue weighted by Crippen LogP contribution is -2.47. The maximum atomic E-state index is 12.7. The van der Waals surface area contributed by atoms with Crippen LogP contribution in [0.1, 0.15) is 22.3 Å². The van der Waals surface area contributed by atoms with E-state index in [2.05, 4.69) is 5.32 Å². The SMILES string of the molecule is CN(C(=O)NCc1ccc(C(=O)O)cc1)C1CCN(c2ccccc2)C1=O. The number of carbonyl (C=O) groups is 3. The molecule has 0 spiro atoms. The van der Waals surface area contributed by atoms with Crippen molar-refractivity contribution in [3.8, 4) is 0 Å². The molecule has 1 fully saturated rings. The van der Waals surface area contributed by atoms with Gasteiger partial charge in [0.15, 0.2) is 0 Å². The predicted molar refractivity (Wildman–Crippen MR) is 101 cm³/mol. The molecule has 0 aromatic heterocycles. The normalized spacial score (nSPS) is 16.3. The number of carboxylic acids is 1. The molecule has 7 heteroatoms. The molecule has 1 aliphatic rings.